The lowest BCUT2D eigenvalue weighted by molar-refractivity contribution is -0.142. The van der Waals surface area contributed by atoms with Crippen LogP contribution in [0.2, 0.25) is 0 Å². The molecule has 0 heterocycles. The highest BCUT2D eigenvalue weighted by Gasteiger charge is 2.26. The molecule has 0 bridgehead atoms. The molecular formula is C6H7F7. The summed E-state index contributed by atoms with van der Waals surface area (Å²) in [6, 6.07) is 0. The Balaban J connectivity index is -0.000000125. The van der Waals surface area contributed by atoms with E-state index in [-0.39, 0.29) is 6.33 Å². The van der Waals surface area contributed by atoms with Crippen LogP contribution >= 0.6 is 0 Å². The molecule has 0 aromatic carbocycles. The average molecular weight is 212 g/mol. The van der Waals surface area contributed by atoms with Crippen LogP contribution in [0, 0.1) is 0 Å². The number of halogens is 7. The molecule has 0 saturated heterocycles. The van der Waals surface area contributed by atoms with Crippen LogP contribution in [-0.2, 0) is 0 Å². The predicted molar refractivity (Wildman–Crippen MR) is 34.7 cm³/mol. The monoisotopic (exact) mass is 212 g/mol. The molecule has 0 atom stereocenters. The molecule has 7 heteroatoms. The van der Waals surface area contributed by atoms with Crippen molar-refractivity contribution >= 4 is 0 Å². The fraction of sp³-hybridized carbons (Fsp3) is 0.333. The van der Waals surface area contributed by atoms with Gasteiger partial charge in [-0.05, 0) is 6.58 Å². The van der Waals surface area contributed by atoms with Crippen molar-refractivity contribution in [2.24, 2.45) is 0 Å². The Hall–Kier alpha value is -1.01. The van der Waals surface area contributed by atoms with Gasteiger partial charge in [0.2, 0.25) is 0 Å². The van der Waals surface area contributed by atoms with Crippen molar-refractivity contribution < 1.29 is 30.7 Å². The zero-order valence-corrected chi connectivity index (χ0v) is 6.34. The maximum absolute atomic E-state index is 10.4. The lowest BCUT2D eigenvalue weighted by atomic mass is 10.8. The molecule has 0 nitrogen and oxygen atoms in total. The normalized spacial score (nSPS) is 8.54. The van der Waals surface area contributed by atoms with Crippen LogP contribution in [0.3, 0.4) is 0 Å². The minimum atomic E-state index is -4.62. The largest absolute Gasteiger partial charge is 0.416 e. The van der Waals surface area contributed by atoms with E-state index in [2.05, 4.69) is 13.2 Å². The van der Waals surface area contributed by atoms with Crippen molar-refractivity contribution in [3.63, 3.8) is 0 Å². The molecule has 80 valence electrons. The van der Waals surface area contributed by atoms with Crippen LogP contribution in [0.1, 0.15) is 0 Å². The smallest absolute Gasteiger partial charge is 0.241 e. The first-order valence-electron chi connectivity index (χ1n) is 2.55. The van der Waals surface area contributed by atoms with Gasteiger partial charge in [0.25, 0.3) is 6.08 Å². The molecule has 0 aromatic heterocycles. The fourth-order valence-corrected chi connectivity index (χ4v) is 0. The van der Waals surface area contributed by atoms with Gasteiger partial charge < -0.3 is 0 Å². The van der Waals surface area contributed by atoms with E-state index in [1.807, 2.05) is 0 Å². The Morgan fingerprint density at radius 3 is 1.31 bits per heavy atom. The molecule has 13 heavy (non-hydrogen) atoms. The highest BCUT2D eigenvalue weighted by Crippen LogP contribution is 2.13. The highest BCUT2D eigenvalue weighted by atomic mass is 19.4. The molecule has 0 N–H and O–H groups in total. The minimum Gasteiger partial charge on any atom is -0.241 e. The van der Waals surface area contributed by atoms with Gasteiger partial charge in [-0.3, -0.25) is 0 Å². The van der Waals surface area contributed by atoms with E-state index in [9.17, 15) is 30.7 Å². The van der Waals surface area contributed by atoms with Gasteiger partial charge in [0, 0.05) is 0 Å². The van der Waals surface area contributed by atoms with Crippen molar-refractivity contribution in [2.45, 2.75) is 6.18 Å². The van der Waals surface area contributed by atoms with Gasteiger partial charge in [0.1, 0.15) is 0 Å². The van der Waals surface area contributed by atoms with Gasteiger partial charge in [0.15, 0.2) is 6.67 Å². The standard InChI is InChI=1S/C2H2F4.C2H2F2.C2H3F/c3-1-2(4,5)6;1-2(3)4;1-2-3/h1H2;1H2;2H,1H2. The van der Waals surface area contributed by atoms with Crippen LogP contribution in [0.5, 0.6) is 0 Å². The van der Waals surface area contributed by atoms with Crippen LogP contribution in [0.15, 0.2) is 25.6 Å². The lowest BCUT2D eigenvalue weighted by Gasteiger charge is -1.93. The topological polar surface area (TPSA) is 0 Å². The lowest BCUT2D eigenvalue weighted by Crippen LogP contribution is -2.08. The molecule has 0 aliphatic carbocycles. The third-order valence-electron chi connectivity index (χ3n) is 0.152. The van der Waals surface area contributed by atoms with E-state index in [0.717, 1.165) is 0 Å². The van der Waals surface area contributed by atoms with Gasteiger partial charge in [0.05, 0.1) is 6.33 Å². The zero-order valence-electron chi connectivity index (χ0n) is 6.34. The summed E-state index contributed by atoms with van der Waals surface area (Å²) < 4.78 is 71.9. The Bertz CT molecular complexity index is 121. The Morgan fingerprint density at radius 1 is 1.23 bits per heavy atom. The summed E-state index contributed by atoms with van der Waals surface area (Å²) in [6.45, 7) is 2.69. The van der Waals surface area contributed by atoms with Gasteiger partial charge in [-0.1, -0.05) is 6.58 Å². The van der Waals surface area contributed by atoms with Crippen molar-refractivity contribution in [1.82, 2.24) is 0 Å². The summed E-state index contributed by atoms with van der Waals surface area (Å²) in [5.41, 5.74) is 0. The van der Waals surface area contributed by atoms with Crippen LogP contribution in [0.4, 0.5) is 30.7 Å². The number of hydrogen-bond acceptors (Lipinski definition) is 0. The second-order valence-corrected chi connectivity index (χ2v) is 1.24. The van der Waals surface area contributed by atoms with Gasteiger partial charge >= 0.3 is 6.18 Å². The van der Waals surface area contributed by atoms with Crippen molar-refractivity contribution in [1.29, 1.82) is 0 Å². The molecule has 0 fully saturated rings. The zero-order chi connectivity index (χ0) is 11.5. The Kier molecular flexibility index (Phi) is 15.1. The number of rotatable bonds is 0. The molecule has 0 aromatic rings. The summed E-state index contributed by atoms with van der Waals surface area (Å²) in [6.07, 6.45) is -6.21. The SMILES string of the molecule is C=C(F)F.C=CF.FCC(F)(F)F. The molecular weight excluding hydrogens is 205 g/mol. The van der Waals surface area contributed by atoms with E-state index in [1.54, 1.807) is 0 Å². The first kappa shape index (κ1) is 17.9. The fourth-order valence-electron chi connectivity index (χ4n) is 0. The quantitative estimate of drug-likeness (QED) is 0.532. The predicted octanol–water partition coefficient (Wildman–Crippen LogP) is 4.01. The highest BCUT2D eigenvalue weighted by molar-refractivity contribution is 4.57. The minimum absolute atomic E-state index is 0.250. The van der Waals surface area contributed by atoms with Gasteiger partial charge in [-0.15, -0.1) is 0 Å². The molecule has 0 aliphatic heterocycles. The Morgan fingerprint density at radius 2 is 1.31 bits per heavy atom. The van der Waals surface area contributed by atoms with E-state index < -0.39 is 18.9 Å². The number of hydrogen-bond donors (Lipinski definition) is 0. The third-order valence-corrected chi connectivity index (χ3v) is 0.152. The Labute approximate surface area is 70.4 Å². The van der Waals surface area contributed by atoms with Gasteiger partial charge in [-0.2, -0.15) is 22.0 Å². The second-order valence-electron chi connectivity index (χ2n) is 1.24. The van der Waals surface area contributed by atoms with E-state index in [0.29, 0.717) is 0 Å². The van der Waals surface area contributed by atoms with Gasteiger partial charge in [-0.25, -0.2) is 8.78 Å². The molecule has 0 spiro atoms. The molecule has 0 amide bonds. The van der Waals surface area contributed by atoms with Crippen LogP contribution < -0.4 is 0 Å². The maximum atomic E-state index is 10.4. The summed E-state index contributed by atoms with van der Waals surface area (Å²) >= 11 is 0. The van der Waals surface area contributed by atoms with Crippen LogP contribution in [-0.4, -0.2) is 12.9 Å². The van der Waals surface area contributed by atoms with E-state index in [1.165, 1.54) is 0 Å². The van der Waals surface area contributed by atoms with Crippen molar-refractivity contribution in [3.05, 3.63) is 25.6 Å². The molecule has 0 radical (unpaired) electrons. The molecule has 0 rings (SSSR count). The summed E-state index contributed by atoms with van der Waals surface area (Å²) in [5, 5.41) is 0. The van der Waals surface area contributed by atoms with E-state index >= 15 is 0 Å². The van der Waals surface area contributed by atoms with E-state index in [4.69, 9.17) is 0 Å². The average Bonchev–Trinajstić information content (AvgIpc) is 1.86. The van der Waals surface area contributed by atoms with Crippen molar-refractivity contribution in [3.8, 4) is 0 Å². The summed E-state index contributed by atoms with van der Waals surface area (Å²) in [5.74, 6) is 0. The maximum Gasteiger partial charge on any atom is 0.416 e. The number of alkyl halides is 4. The summed E-state index contributed by atoms with van der Waals surface area (Å²) in [4.78, 5) is 0. The first-order valence-corrected chi connectivity index (χ1v) is 2.55. The van der Waals surface area contributed by atoms with Crippen LogP contribution in [0.25, 0.3) is 0 Å². The third kappa shape index (κ3) is 224. The first-order chi connectivity index (χ1) is 5.71. The second kappa shape index (κ2) is 11.0. The summed E-state index contributed by atoms with van der Waals surface area (Å²) in [7, 11) is 0. The molecule has 0 saturated carbocycles. The molecule has 0 aliphatic rings. The van der Waals surface area contributed by atoms with Crippen molar-refractivity contribution in [2.75, 3.05) is 6.67 Å². The molecule has 0 unspecified atom stereocenters.